The molecule has 114 valence electrons. The lowest BCUT2D eigenvalue weighted by Crippen LogP contribution is -2.40. The number of aromatic nitrogens is 1. The maximum absolute atomic E-state index is 12.2. The number of esters is 1. The van der Waals surface area contributed by atoms with Gasteiger partial charge in [0.05, 0.1) is 25.8 Å². The van der Waals surface area contributed by atoms with Crippen molar-refractivity contribution in [3.8, 4) is 0 Å². The largest absolute Gasteiger partial charge is 0.469 e. The molecule has 0 bridgehead atoms. The van der Waals surface area contributed by atoms with Crippen LogP contribution in [-0.4, -0.2) is 55.9 Å². The van der Waals surface area contributed by atoms with E-state index >= 15 is 0 Å². The Hall–Kier alpha value is -1.45. The van der Waals surface area contributed by atoms with E-state index in [2.05, 4.69) is 9.89 Å². The van der Waals surface area contributed by atoms with Crippen molar-refractivity contribution in [2.45, 2.75) is 19.9 Å². The predicted octanol–water partition coefficient (Wildman–Crippen LogP) is 0.155. The van der Waals surface area contributed by atoms with Gasteiger partial charge in [0.15, 0.2) is 0 Å². The molecule has 0 aliphatic heterocycles. The summed E-state index contributed by atoms with van der Waals surface area (Å²) in [4.78, 5) is 11.0. The second-order valence-electron chi connectivity index (χ2n) is 4.34. The number of hydrogen-bond acceptors (Lipinski definition) is 6. The van der Waals surface area contributed by atoms with Gasteiger partial charge in [-0.05, 0) is 6.92 Å². The maximum atomic E-state index is 12.2. The minimum atomic E-state index is -3.65. The van der Waals surface area contributed by atoms with Crippen molar-refractivity contribution >= 4 is 16.2 Å². The molecule has 0 radical (unpaired) electrons. The molecule has 1 heterocycles. The lowest BCUT2D eigenvalue weighted by atomic mass is 10.4. The summed E-state index contributed by atoms with van der Waals surface area (Å²) in [7, 11) is 0.449. The normalized spacial score (nSPS) is 12.1. The molecule has 0 aromatic carbocycles. The molecule has 0 N–H and O–H groups in total. The minimum Gasteiger partial charge on any atom is -0.469 e. The quantitative estimate of drug-likeness (QED) is 0.666. The molecule has 1 aromatic heterocycles. The zero-order chi connectivity index (χ0) is 15.3. The van der Waals surface area contributed by atoms with E-state index in [0.717, 1.165) is 8.61 Å². The van der Waals surface area contributed by atoms with E-state index in [1.165, 1.54) is 21.2 Å². The van der Waals surface area contributed by atoms with E-state index in [9.17, 15) is 13.2 Å². The molecule has 0 saturated carbocycles. The van der Waals surface area contributed by atoms with Crippen LogP contribution in [0.1, 0.15) is 17.9 Å². The van der Waals surface area contributed by atoms with E-state index < -0.39 is 16.2 Å². The Morgan fingerprint density at radius 1 is 1.40 bits per heavy atom. The summed E-state index contributed by atoms with van der Waals surface area (Å²) in [5.41, 5.74) is 0.523. The number of rotatable bonds is 7. The fraction of sp³-hybridized carbons (Fsp3) is 0.636. The van der Waals surface area contributed by atoms with Crippen LogP contribution in [0.3, 0.4) is 0 Å². The van der Waals surface area contributed by atoms with Crippen LogP contribution in [0.5, 0.6) is 0 Å². The molecule has 9 heteroatoms. The molecule has 0 atom stereocenters. The van der Waals surface area contributed by atoms with Crippen LogP contribution < -0.4 is 0 Å². The first kappa shape index (κ1) is 16.6. The molecule has 8 nitrogen and oxygen atoms in total. The van der Waals surface area contributed by atoms with Gasteiger partial charge in [-0.2, -0.15) is 17.0 Å². The monoisotopic (exact) mass is 305 g/mol. The van der Waals surface area contributed by atoms with Crippen LogP contribution in [-0.2, 0) is 26.3 Å². The highest BCUT2D eigenvalue weighted by atomic mass is 32.2. The average molecular weight is 305 g/mol. The zero-order valence-electron chi connectivity index (χ0n) is 12.0. The molecular weight excluding hydrogens is 286 g/mol. The Balaban J connectivity index is 2.64. The summed E-state index contributed by atoms with van der Waals surface area (Å²) in [5.74, 6) is 0.159. The molecule has 1 rings (SSSR count). The van der Waals surface area contributed by atoms with Crippen molar-refractivity contribution in [2.24, 2.45) is 0 Å². The van der Waals surface area contributed by atoms with Gasteiger partial charge in [-0.1, -0.05) is 5.16 Å². The summed E-state index contributed by atoms with van der Waals surface area (Å²) in [5, 5.41) is 3.74. The van der Waals surface area contributed by atoms with Crippen LogP contribution in [0.4, 0.5) is 0 Å². The van der Waals surface area contributed by atoms with E-state index in [1.54, 1.807) is 13.0 Å². The molecule has 0 unspecified atom stereocenters. The second-order valence-corrected chi connectivity index (χ2v) is 6.48. The first-order valence-corrected chi connectivity index (χ1v) is 7.33. The highest BCUT2D eigenvalue weighted by Crippen LogP contribution is 2.10. The summed E-state index contributed by atoms with van der Waals surface area (Å²) in [6, 6.07) is 1.67. The maximum Gasteiger partial charge on any atom is 0.306 e. The zero-order valence-corrected chi connectivity index (χ0v) is 12.8. The molecule has 0 spiro atoms. The van der Waals surface area contributed by atoms with E-state index in [1.807, 2.05) is 0 Å². The van der Waals surface area contributed by atoms with Crippen molar-refractivity contribution in [1.29, 1.82) is 0 Å². The Bertz CT molecular complexity index is 554. The van der Waals surface area contributed by atoms with Crippen LogP contribution >= 0.6 is 0 Å². The fourth-order valence-corrected chi connectivity index (χ4v) is 2.60. The van der Waals surface area contributed by atoms with E-state index in [4.69, 9.17) is 4.52 Å². The first-order chi connectivity index (χ1) is 9.27. The number of nitrogens with zero attached hydrogens (tertiary/aromatic N) is 3. The van der Waals surface area contributed by atoms with Crippen LogP contribution in [0.25, 0.3) is 0 Å². The number of hydrogen-bond donors (Lipinski definition) is 0. The van der Waals surface area contributed by atoms with Gasteiger partial charge < -0.3 is 9.26 Å². The molecule has 0 amide bonds. The summed E-state index contributed by atoms with van der Waals surface area (Å²) in [6.07, 6.45) is 0.00311. The highest BCUT2D eigenvalue weighted by Gasteiger charge is 2.25. The van der Waals surface area contributed by atoms with Gasteiger partial charge in [0.25, 0.3) is 10.2 Å². The molecular formula is C11H19N3O5S. The van der Waals surface area contributed by atoms with Crippen molar-refractivity contribution < 1.29 is 22.5 Å². The number of carbonyl (C=O) groups excluding carboxylic acids is 1. The standard InChI is InChI=1S/C11H19N3O5S/c1-9-7-10(12-19-9)8-14(3)20(16,17)13(2)6-5-11(15)18-4/h7H,5-6,8H2,1-4H3. The van der Waals surface area contributed by atoms with Crippen molar-refractivity contribution in [3.63, 3.8) is 0 Å². The number of aryl methyl sites for hydroxylation is 1. The third-order valence-electron chi connectivity index (χ3n) is 2.71. The van der Waals surface area contributed by atoms with Gasteiger partial charge in [0.1, 0.15) is 5.76 Å². The van der Waals surface area contributed by atoms with Crippen molar-refractivity contribution in [2.75, 3.05) is 27.7 Å². The molecule has 0 saturated heterocycles. The average Bonchev–Trinajstić information content (AvgIpc) is 2.80. The Morgan fingerprint density at radius 3 is 2.55 bits per heavy atom. The first-order valence-electron chi connectivity index (χ1n) is 5.94. The topological polar surface area (TPSA) is 93.0 Å². The van der Waals surface area contributed by atoms with Crippen LogP contribution in [0.2, 0.25) is 0 Å². The smallest absolute Gasteiger partial charge is 0.306 e. The summed E-state index contributed by atoms with van der Waals surface area (Å²) in [6.45, 7) is 1.88. The van der Waals surface area contributed by atoms with E-state index in [-0.39, 0.29) is 19.5 Å². The number of ether oxygens (including phenoxy) is 1. The Labute approximate surface area is 118 Å². The second kappa shape index (κ2) is 6.82. The van der Waals surface area contributed by atoms with Crippen LogP contribution in [0.15, 0.2) is 10.6 Å². The predicted molar refractivity (Wildman–Crippen MR) is 70.9 cm³/mol. The van der Waals surface area contributed by atoms with Gasteiger partial charge in [-0.3, -0.25) is 4.79 Å². The van der Waals surface area contributed by atoms with Gasteiger partial charge in [0, 0.05) is 26.7 Å². The highest BCUT2D eigenvalue weighted by molar-refractivity contribution is 7.86. The fourth-order valence-electron chi connectivity index (χ4n) is 1.51. The molecule has 1 aromatic rings. The van der Waals surface area contributed by atoms with Crippen molar-refractivity contribution in [3.05, 3.63) is 17.5 Å². The number of carbonyl (C=O) groups is 1. The van der Waals surface area contributed by atoms with Gasteiger partial charge >= 0.3 is 5.97 Å². The molecule has 20 heavy (non-hydrogen) atoms. The minimum absolute atomic E-state index is 0.00311. The Morgan fingerprint density at radius 2 is 2.05 bits per heavy atom. The van der Waals surface area contributed by atoms with E-state index in [0.29, 0.717) is 11.5 Å². The van der Waals surface area contributed by atoms with Gasteiger partial charge in [-0.15, -0.1) is 0 Å². The van der Waals surface area contributed by atoms with Gasteiger partial charge in [0.2, 0.25) is 0 Å². The molecule has 0 aliphatic rings. The summed E-state index contributed by atoms with van der Waals surface area (Å²) < 4.78 is 36.0. The third kappa shape index (κ3) is 4.29. The number of methoxy groups -OCH3 is 1. The lowest BCUT2D eigenvalue weighted by Gasteiger charge is -2.23. The van der Waals surface area contributed by atoms with Gasteiger partial charge in [-0.25, -0.2) is 0 Å². The molecule has 0 fully saturated rings. The Kier molecular flexibility index (Phi) is 5.66. The van der Waals surface area contributed by atoms with Crippen molar-refractivity contribution in [1.82, 2.24) is 13.8 Å². The summed E-state index contributed by atoms with van der Waals surface area (Å²) >= 11 is 0. The van der Waals surface area contributed by atoms with Crippen LogP contribution in [0, 0.1) is 6.92 Å². The molecule has 0 aliphatic carbocycles. The third-order valence-corrected chi connectivity index (χ3v) is 4.59. The lowest BCUT2D eigenvalue weighted by molar-refractivity contribution is -0.140. The SMILES string of the molecule is COC(=O)CCN(C)S(=O)(=O)N(C)Cc1cc(C)on1.